The van der Waals surface area contributed by atoms with Crippen LogP contribution in [0.2, 0.25) is 0 Å². The lowest BCUT2D eigenvalue weighted by Crippen LogP contribution is -2.11. The van der Waals surface area contributed by atoms with Gasteiger partial charge >= 0.3 is 0 Å². The van der Waals surface area contributed by atoms with E-state index in [2.05, 4.69) is 10.3 Å². The quantitative estimate of drug-likeness (QED) is 0.869. The number of nitrogens with one attached hydrogen (secondary N) is 1. The minimum absolute atomic E-state index is 0.116. The summed E-state index contributed by atoms with van der Waals surface area (Å²) in [4.78, 5) is 16.0. The number of nitrogens with zero attached hydrogens (tertiary/aromatic N) is 1. The Balaban J connectivity index is 2.11. The van der Waals surface area contributed by atoms with Crippen LogP contribution in [0.4, 0.5) is 5.13 Å². The largest absolute Gasteiger partial charge is 0.298 e. The highest BCUT2D eigenvalue weighted by Crippen LogP contribution is 2.19. The standard InChI is InChI=1S/C10H9ClN2OS2/c1-6-3-15-5-8(6)9(14)13-10-12-7(2-11)4-16-10/h3-5H,2H2,1H3,(H,12,13,14). The molecule has 0 bridgehead atoms. The molecule has 16 heavy (non-hydrogen) atoms. The van der Waals surface area contributed by atoms with Crippen LogP contribution in [0.1, 0.15) is 21.6 Å². The Morgan fingerprint density at radius 3 is 2.88 bits per heavy atom. The number of rotatable bonds is 3. The van der Waals surface area contributed by atoms with Crippen molar-refractivity contribution >= 4 is 45.3 Å². The maximum absolute atomic E-state index is 11.8. The van der Waals surface area contributed by atoms with Gasteiger partial charge in [-0.3, -0.25) is 10.1 Å². The molecule has 1 N–H and O–H groups in total. The fourth-order valence-electron chi connectivity index (χ4n) is 1.18. The number of alkyl halides is 1. The van der Waals surface area contributed by atoms with Gasteiger partial charge in [0.1, 0.15) is 0 Å². The second kappa shape index (κ2) is 4.95. The highest BCUT2D eigenvalue weighted by atomic mass is 35.5. The van der Waals surface area contributed by atoms with Crippen molar-refractivity contribution in [3.05, 3.63) is 33.0 Å². The fourth-order valence-corrected chi connectivity index (χ4v) is 2.95. The van der Waals surface area contributed by atoms with Gasteiger partial charge in [-0.05, 0) is 17.9 Å². The lowest BCUT2D eigenvalue weighted by atomic mass is 10.2. The van der Waals surface area contributed by atoms with Gasteiger partial charge < -0.3 is 0 Å². The first-order valence-electron chi connectivity index (χ1n) is 4.55. The summed E-state index contributed by atoms with van der Waals surface area (Å²) in [6.45, 7) is 1.91. The zero-order chi connectivity index (χ0) is 11.5. The van der Waals surface area contributed by atoms with Gasteiger partial charge in [0.2, 0.25) is 0 Å². The zero-order valence-corrected chi connectivity index (χ0v) is 10.9. The van der Waals surface area contributed by atoms with Crippen LogP contribution in [0.25, 0.3) is 0 Å². The topological polar surface area (TPSA) is 42.0 Å². The maximum atomic E-state index is 11.8. The summed E-state index contributed by atoms with van der Waals surface area (Å²) in [5, 5.41) is 8.96. The van der Waals surface area contributed by atoms with Crippen molar-refractivity contribution in [3.8, 4) is 0 Å². The van der Waals surface area contributed by atoms with Crippen LogP contribution in [-0.2, 0) is 5.88 Å². The summed E-state index contributed by atoms with van der Waals surface area (Å²) < 4.78 is 0. The molecule has 0 aliphatic heterocycles. The van der Waals surface area contributed by atoms with E-state index in [4.69, 9.17) is 11.6 Å². The van der Waals surface area contributed by atoms with Crippen LogP contribution in [0.5, 0.6) is 0 Å². The summed E-state index contributed by atoms with van der Waals surface area (Å²) in [6, 6.07) is 0. The predicted molar refractivity (Wildman–Crippen MR) is 68.7 cm³/mol. The number of carbonyl (C=O) groups excluding carboxylic acids is 1. The van der Waals surface area contributed by atoms with Crippen LogP contribution in [0, 0.1) is 6.92 Å². The molecular formula is C10H9ClN2OS2. The number of amides is 1. The Morgan fingerprint density at radius 2 is 2.31 bits per heavy atom. The Labute approximate surface area is 106 Å². The van der Waals surface area contributed by atoms with Crippen molar-refractivity contribution in [1.29, 1.82) is 0 Å². The third kappa shape index (κ3) is 2.42. The van der Waals surface area contributed by atoms with E-state index in [-0.39, 0.29) is 5.91 Å². The number of aryl methyl sites for hydroxylation is 1. The summed E-state index contributed by atoms with van der Waals surface area (Å²) in [7, 11) is 0. The Hall–Kier alpha value is -0.910. The molecule has 0 fully saturated rings. The molecule has 0 aliphatic rings. The van der Waals surface area contributed by atoms with Gasteiger partial charge in [0, 0.05) is 10.8 Å². The molecule has 3 nitrogen and oxygen atoms in total. The van der Waals surface area contributed by atoms with Crippen molar-refractivity contribution in [2.45, 2.75) is 12.8 Å². The molecule has 0 unspecified atom stereocenters. The molecule has 0 spiro atoms. The van der Waals surface area contributed by atoms with E-state index in [1.807, 2.05) is 23.1 Å². The Bertz CT molecular complexity index is 506. The number of aromatic nitrogens is 1. The minimum atomic E-state index is -0.116. The highest BCUT2D eigenvalue weighted by molar-refractivity contribution is 7.14. The lowest BCUT2D eigenvalue weighted by molar-refractivity contribution is 0.102. The lowest BCUT2D eigenvalue weighted by Gasteiger charge is -1.99. The molecule has 0 aliphatic carbocycles. The van der Waals surface area contributed by atoms with Gasteiger partial charge in [0.15, 0.2) is 5.13 Å². The van der Waals surface area contributed by atoms with Crippen molar-refractivity contribution in [3.63, 3.8) is 0 Å². The number of thiazole rings is 1. The van der Waals surface area contributed by atoms with Crippen LogP contribution in [0.15, 0.2) is 16.1 Å². The summed E-state index contributed by atoms with van der Waals surface area (Å²) in [5.41, 5.74) is 2.47. The SMILES string of the molecule is Cc1cscc1C(=O)Nc1nc(CCl)cs1. The van der Waals surface area contributed by atoms with Gasteiger partial charge in [-0.25, -0.2) is 4.98 Å². The van der Waals surface area contributed by atoms with E-state index < -0.39 is 0 Å². The normalized spacial score (nSPS) is 10.4. The van der Waals surface area contributed by atoms with E-state index in [0.29, 0.717) is 16.6 Å². The van der Waals surface area contributed by atoms with Crippen LogP contribution in [0.3, 0.4) is 0 Å². The van der Waals surface area contributed by atoms with Crippen molar-refractivity contribution in [2.24, 2.45) is 0 Å². The molecule has 6 heteroatoms. The summed E-state index contributed by atoms with van der Waals surface area (Å²) in [6.07, 6.45) is 0. The van der Waals surface area contributed by atoms with Crippen LogP contribution < -0.4 is 5.32 Å². The van der Waals surface area contributed by atoms with Gasteiger partial charge in [-0.1, -0.05) is 0 Å². The van der Waals surface area contributed by atoms with Crippen LogP contribution >= 0.6 is 34.3 Å². The smallest absolute Gasteiger partial charge is 0.258 e. The minimum Gasteiger partial charge on any atom is -0.298 e. The van der Waals surface area contributed by atoms with Gasteiger partial charge in [0.05, 0.1) is 17.1 Å². The maximum Gasteiger partial charge on any atom is 0.258 e. The van der Waals surface area contributed by atoms with Crippen molar-refractivity contribution in [1.82, 2.24) is 4.98 Å². The molecule has 0 saturated carbocycles. The van der Waals surface area contributed by atoms with E-state index >= 15 is 0 Å². The molecule has 0 atom stereocenters. The van der Waals surface area contributed by atoms with Crippen molar-refractivity contribution < 1.29 is 4.79 Å². The number of anilines is 1. The number of halogens is 1. The van der Waals surface area contributed by atoms with E-state index in [0.717, 1.165) is 11.3 Å². The van der Waals surface area contributed by atoms with Crippen LogP contribution in [-0.4, -0.2) is 10.9 Å². The molecule has 0 radical (unpaired) electrons. The molecule has 84 valence electrons. The van der Waals surface area contributed by atoms with E-state index in [9.17, 15) is 4.79 Å². The average molecular weight is 273 g/mol. The molecule has 2 heterocycles. The third-order valence-corrected chi connectivity index (χ3v) is 3.95. The van der Waals surface area contributed by atoms with E-state index in [1.165, 1.54) is 22.7 Å². The summed E-state index contributed by atoms with van der Waals surface area (Å²) >= 11 is 8.53. The number of hydrogen-bond acceptors (Lipinski definition) is 4. The monoisotopic (exact) mass is 272 g/mol. The van der Waals surface area contributed by atoms with Gasteiger partial charge in [0.25, 0.3) is 5.91 Å². The Morgan fingerprint density at radius 1 is 1.50 bits per heavy atom. The second-order valence-electron chi connectivity index (χ2n) is 3.20. The second-order valence-corrected chi connectivity index (χ2v) is 5.07. The molecule has 0 aromatic carbocycles. The van der Waals surface area contributed by atoms with E-state index in [1.54, 1.807) is 0 Å². The predicted octanol–water partition coefficient (Wildman–Crippen LogP) is 3.50. The molecule has 1 amide bonds. The number of hydrogen-bond donors (Lipinski definition) is 1. The van der Waals surface area contributed by atoms with Gasteiger partial charge in [-0.2, -0.15) is 11.3 Å². The molecular weight excluding hydrogens is 264 g/mol. The summed E-state index contributed by atoms with van der Waals surface area (Å²) in [5.74, 6) is 0.248. The average Bonchev–Trinajstić information content (AvgIpc) is 2.86. The first kappa shape index (κ1) is 11.6. The van der Waals surface area contributed by atoms with Gasteiger partial charge in [-0.15, -0.1) is 22.9 Å². The molecule has 2 aromatic rings. The number of carbonyl (C=O) groups is 1. The molecule has 0 saturated heterocycles. The molecule has 2 rings (SSSR count). The fraction of sp³-hybridized carbons (Fsp3) is 0.200. The highest BCUT2D eigenvalue weighted by Gasteiger charge is 2.11. The number of thiophene rings is 1. The van der Waals surface area contributed by atoms with Crippen molar-refractivity contribution in [2.75, 3.05) is 5.32 Å². The Kier molecular flexibility index (Phi) is 3.58. The zero-order valence-electron chi connectivity index (χ0n) is 8.49. The third-order valence-electron chi connectivity index (χ3n) is 2.01. The first-order valence-corrected chi connectivity index (χ1v) is 6.91. The molecule has 2 aromatic heterocycles. The first-order chi connectivity index (χ1) is 7.70.